The number of anilines is 1. The average molecular weight is 499 g/mol. The van der Waals surface area contributed by atoms with E-state index in [-0.39, 0.29) is 27.6 Å². The van der Waals surface area contributed by atoms with Crippen LogP contribution in [0.2, 0.25) is 5.02 Å². The number of sulfonamides is 1. The zero-order chi connectivity index (χ0) is 22.7. The topological polar surface area (TPSA) is 110 Å². The third-order valence-corrected chi connectivity index (χ3v) is 9.20. The fraction of sp³-hybridized carbons (Fsp3) is 0.600. The molecule has 1 atom stereocenters. The van der Waals surface area contributed by atoms with E-state index in [4.69, 9.17) is 11.6 Å². The summed E-state index contributed by atoms with van der Waals surface area (Å²) in [5.41, 5.74) is 0.276. The van der Waals surface area contributed by atoms with Gasteiger partial charge in [0, 0.05) is 13.1 Å². The fourth-order valence-corrected chi connectivity index (χ4v) is 6.67. The monoisotopic (exact) mass is 498 g/mol. The molecule has 0 radical (unpaired) electrons. The Labute approximate surface area is 197 Å². The number of piperidine rings is 1. The van der Waals surface area contributed by atoms with Crippen molar-refractivity contribution in [2.75, 3.05) is 18.4 Å². The molecule has 12 heteroatoms. The van der Waals surface area contributed by atoms with Gasteiger partial charge >= 0.3 is 0 Å². The number of carbonyl (C=O) groups is 1. The van der Waals surface area contributed by atoms with E-state index in [0.717, 1.165) is 44.9 Å². The Morgan fingerprint density at radius 2 is 1.91 bits per heavy atom. The van der Waals surface area contributed by atoms with Crippen molar-refractivity contribution in [1.82, 2.24) is 24.5 Å². The molecule has 1 saturated carbocycles. The number of thioether (sulfide) groups is 1. The number of hydrogen-bond donors (Lipinski definition) is 1. The Morgan fingerprint density at radius 3 is 2.62 bits per heavy atom. The maximum atomic E-state index is 13.0. The number of carbonyl (C=O) groups excluding carboxylic acids is 1. The second kappa shape index (κ2) is 10.1. The van der Waals surface area contributed by atoms with E-state index < -0.39 is 15.3 Å². The van der Waals surface area contributed by atoms with Crippen molar-refractivity contribution >= 4 is 45.0 Å². The first-order chi connectivity index (χ1) is 15.4. The molecular weight excluding hydrogens is 472 g/mol. The highest BCUT2D eigenvalue weighted by molar-refractivity contribution is 8.00. The van der Waals surface area contributed by atoms with Crippen LogP contribution >= 0.6 is 23.4 Å². The summed E-state index contributed by atoms with van der Waals surface area (Å²) in [4.78, 5) is 13.0. The van der Waals surface area contributed by atoms with Gasteiger partial charge in [0.2, 0.25) is 21.1 Å². The summed E-state index contributed by atoms with van der Waals surface area (Å²) in [6.45, 7) is 2.78. The van der Waals surface area contributed by atoms with Gasteiger partial charge in [-0.3, -0.25) is 4.79 Å². The van der Waals surface area contributed by atoms with Crippen molar-refractivity contribution in [3.63, 3.8) is 0 Å². The highest BCUT2D eigenvalue weighted by atomic mass is 35.5. The van der Waals surface area contributed by atoms with Crippen LogP contribution in [-0.2, 0) is 14.8 Å². The predicted octanol–water partition coefficient (Wildman–Crippen LogP) is 3.74. The van der Waals surface area contributed by atoms with Crippen LogP contribution in [0.25, 0.3) is 0 Å². The van der Waals surface area contributed by atoms with E-state index in [9.17, 15) is 13.2 Å². The molecule has 1 aromatic heterocycles. The number of hydrogen-bond acceptors (Lipinski definition) is 7. The zero-order valence-electron chi connectivity index (χ0n) is 17.9. The third-order valence-electron chi connectivity index (χ3n) is 5.93. The molecule has 2 fully saturated rings. The van der Waals surface area contributed by atoms with Crippen LogP contribution in [0.3, 0.4) is 0 Å². The number of benzene rings is 1. The number of aromatic nitrogens is 4. The molecular formula is C20H27ClN6O3S2. The molecule has 32 heavy (non-hydrogen) atoms. The second-order valence-corrected chi connectivity index (χ2v) is 11.9. The van der Waals surface area contributed by atoms with Crippen LogP contribution in [0.4, 0.5) is 5.69 Å². The summed E-state index contributed by atoms with van der Waals surface area (Å²) < 4.78 is 29.3. The SMILES string of the molecule is CC(Sc1nnnn1C1CCCC1)C(=O)Nc1cc(S(=O)(=O)N2CCCCC2)ccc1Cl. The summed E-state index contributed by atoms with van der Waals surface area (Å²) in [5.74, 6) is -0.301. The van der Waals surface area contributed by atoms with Gasteiger partial charge in [0.05, 0.1) is 26.9 Å². The van der Waals surface area contributed by atoms with Crippen LogP contribution in [-0.4, -0.2) is 57.2 Å². The zero-order valence-corrected chi connectivity index (χ0v) is 20.3. The maximum Gasteiger partial charge on any atom is 0.243 e. The van der Waals surface area contributed by atoms with Gasteiger partial charge in [-0.15, -0.1) is 5.10 Å². The first-order valence-corrected chi connectivity index (χ1v) is 13.6. The van der Waals surface area contributed by atoms with Crippen molar-refractivity contribution in [3.05, 3.63) is 23.2 Å². The minimum atomic E-state index is -3.63. The lowest BCUT2D eigenvalue weighted by Crippen LogP contribution is -2.35. The number of rotatable bonds is 7. The predicted molar refractivity (Wildman–Crippen MR) is 123 cm³/mol. The van der Waals surface area contributed by atoms with Crippen LogP contribution in [0, 0.1) is 0 Å². The van der Waals surface area contributed by atoms with Gasteiger partial charge in [-0.05, 0) is 61.2 Å². The van der Waals surface area contributed by atoms with Gasteiger partial charge in [0.25, 0.3) is 0 Å². The summed E-state index contributed by atoms with van der Waals surface area (Å²) in [5, 5.41) is 15.1. The number of amides is 1. The summed E-state index contributed by atoms with van der Waals surface area (Å²) in [7, 11) is -3.63. The Morgan fingerprint density at radius 1 is 1.19 bits per heavy atom. The second-order valence-electron chi connectivity index (χ2n) is 8.20. The van der Waals surface area contributed by atoms with E-state index in [1.165, 1.54) is 34.3 Å². The molecule has 2 aliphatic rings. The molecule has 2 heterocycles. The minimum absolute atomic E-state index is 0.129. The third kappa shape index (κ3) is 5.11. The van der Waals surface area contributed by atoms with Crippen molar-refractivity contribution in [1.29, 1.82) is 0 Å². The van der Waals surface area contributed by atoms with E-state index >= 15 is 0 Å². The molecule has 1 saturated heterocycles. The Kier molecular flexibility index (Phi) is 7.38. The van der Waals surface area contributed by atoms with Gasteiger partial charge in [0.1, 0.15) is 0 Å². The average Bonchev–Trinajstić information content (AvgIpc) is 3.47. The maximum absolute atomic E-state index is 13.0. The standard InChI is InChI=1S/C20H27ClN6O3S2/c1-14(31-20-23-24-25-27(20)15-7-3-4-8-15)19(28)22-18-13-16(9-10-17(18)21)32(29,30)26-11-5-2-6-12-26/h9-10,13-15H,2-8,11-12H2,1H3,(H,22,28). The minimum Gasteiger partial charge on any atom is -0.324 e. The first kappa shape index (κ1) is 23.5. The van der Waals surface area contributed by atoms with Crippen LogP contribution in [0.1, 0.15) is 57.9 Å². The van der Waals surface area contributed by atoms with Gasteiger partial charge in [-0.1, -0.05) is 42.6 Å². The molecule has 174 valence electrons. The van der Waals surface area contributed by atoms with E-state index in [1.54, 1.807) is 11.6 Å². The van der Waals surface area contributed by atoms with Crippen molar-refractivity contribution in [2.45, 2.75) is 73.2 Å². The van der Waals surface area contributed by atoms with Crippen LogP contribution in [0.5, 0.6) is 0 Å². The number of nitrogens with zero attached hydrogens (tertiary/aromatic N) is 5. The van der Waals surface area contributed by atoms with Crippen molar-refractivity contribution in [2.24, 2.45) is 0 Å². The number of nitrogens with one attached hydrogen (secondary N) is 1. The van der Waals surface area contributed by atoms with Gasteiger partial charge in [-0.25, -0.2) is 13.1 Å². The highest BCUT2D eigenvalue weighted by Gasteiger charge is 2.28. The normalized spacial score (nSPS) is 19.2. The smallest absolute Gasteiger partial charge is 0.243 e. The van der Waals surface area contributed by atoms with Gasteiger partial charge in [-0.2, -0.15) is 4.31 Å². The summed E-state index contributed by atoms with van der Waals surface area (Å²) in [6, 6.07) is 4.70. The molecule has 1 amide bonds. The summed E-state index contributed by atoms with van der Waals surface area (Å²) in [6.07, 6.45) is 7.12. The van der Waals surface area contributed by atoms with Gasteiger partial charge in [0.15, 0.2) is 0 Å². The molecule has 0 spiro atoms. The van der Waals surface area contributed by atoms with E-state index in [2.05, 4.69) is 20.8 Å². The molecule has 1 unspecified atom stereocenters. The Balaban J connectivity index is 1.46. The molecule has 4 rings (SSSR count). The molecule has 1 aliphatic carbocycles. The fourth-order valence-electron chi connectivity index (χ4n) is 4.10. The van der Waals surface area contributed by atoms with E-state index in [1.807, 2.05) is 0 Å². The van der Waals surface area contributed by atoms with Crippen molar-refractivity contribution < 1.29 is 13.2 Å². The van der Waals surface area contributed by atoms with E-state index in [0.29, 0.717) is 18.2 Å². The molecule has 1 aliphatic heterocycles. The largest absolute Gasteiger partial charge is 0.324 e. The molecule has 1 aromatic carbocycles. The van der Waals surface area contributed by atoms with Gasteiger partial charge < -0.3 is 5.32 Å². The molecule has 1 N–H and O–H groups in total. The molecule has 0 bridgehead atoms. The Bertz CT molecular complexity index is 1070. The Hall–Kier alpha value is -1.69. The number of halogens is 1. The lowest BCUT2D eigenvalue weighted by molar-refractivity contribution is -0.115. The number of tetrazole rings is 1. The quantitative estimate of drug-likeness (QED) is 0.579. The lowest BCUT2D eigenvalue weighted by atomic mass is 10.2. The highest BCUT2D eigenvalue weighted by Crippen LogP contribution is 2.33. The molecule has 9 nitrogen and oxygen atoms in total. The lowest BCUT2D eigenvalue weighted by Gasteiger charge is -2.26. The first-order valence-electron chi connectivity index (χ1n) is 10.9. The van der Waals surface area contributed by atoms with Crippen LogP contribution in [0.15, 0.2) is 28.3 Å². The summed E-state index contributed by atoms with van der Waals surface area (Å²) >= 11 is 7.54. The molecule has 2 aromatic rings. The van der Waals surface area contributed by atoms with Crippen LogP contribution < -0.4 is 5.32 Å². The van der Waals surface area contributed by atoms with Crippen molar-refractivity contribution in [3.8, 4) is 0 Å².